The SMILES string of the molecule is CCCN(C#Cc1ccccn1)S(=O)(=O)c1ccc(C)cc1. The Bertz CT molecular complexity index is 773. The zero-order chi connectivity index (χ0) is 16.0. The van der Waals surface area contributed by atoms with E-state index in [1.165, 1.54) is 4.31 Å². The topological polar surface area (TPSA) is 50.3 Å². The smallest absolute Gasteiger partial charge is 0.248 e. The van der Waals surface area contributed by atoms with Gasteiger partial charge in [-0.3, -0.25) is 0 Å². The van der Waals surface area contributed by atoms with E-state index in [1.807, 2.05) is 19.9 Å². The van der Waals surface area contributed by atoms with Gasteiger partial charge in [-0.15, -0.1) is 0 Å². The molecule has 0 amide bonds. The summed E-state index contributed by atoms with van der Waals surface area (Å²) in [5.41, 5.74) is 1.56. The summed E-state index contributed by atoms with van der Waals surface area (Å²) in [6.07, 6.45) is 2.31. The molecule has 0 aliphatic rings. The maximum absolute atomic E-state index is 12.7. The third-order valence-electron chi connectivity index (χ3n) is 3.01. The molecular formula is C17H18N2O2S. The third kappa shape index (κ3) is 3.86. The Balaban J connectivity index is 2.35. The van der Waals surface area contributed by atoms with E-state index in [4.69, 9.17) is 0 Å². The first-order valence-electron chi connectivity index (χ1n) is 7.06. The maximum Gasteiger partial charge on any atom is 0.270 e. The van der Waals surface area contributed by atoms with Crippen molar-refractivity contribution in [2.24, 2.45) is 0 Å². The first-order valence-corrected chi connectivity index (χ1v) is 8.50. The molecule has 0 aliphatic carbocycles. The van der Waals surface area contributed by atoms with Crippen molar-refractivity contribution in [2.45, 2.75) is 25.2 Å². The molecule has 0 N–H and O–H groups in total. The number of hydrogen-bond donors (Lipinski definition) is 0. The van der Waals surface area contributed by atoms with Gasteiger partial charge < -0.3 is 0 Å². The predicted molar refractivity (Wildman–Crippen MR) is 86.5 cm³/mol. The second kappa shape index (κ2) is 7.10. The Morgan fingerprint density at radius 2 is 1.86 bits per heavy atom. The average molecular weight is 314 g/mol. The molecule has 0 spiro atoms. The number of aryl methyl sites for hydroxylation is 1. The van der Waals surface area contributed by atoms with Gasteiger partial charge in [0.1, 0.15) is 5.69 Å². The fraction of sp³-hybridized carbons (Fsp3) is 0.235. The van der Waals surface area contributed by atoms with Crippen LogP contribution in [0.15, 0.2) is 53.6 Å². The first-order chi connectivity index (χ1) is 10.5. The van der Waals surface area contributed by atoms with Gasteiger partial charge in [-0.25, -0.2) is 17.7 Å². The average Bonchev–Trinajstić information content (AvgIpc) is 2.52. The zero-order valence-corrected chi connectivity index (χ0v) is 13.5. The van der Waals surface area contributed by atoms with E-state index in [0.717, 1.165) is 5.56 Å². The van der Waals surface area contributed by atoms with Crippen LogP contribution in [0.5, 0.6) is 0 Å². The first kappa shape index (κ1) is 16.1. The lowest BCUT2D eigenvalue weighted by Crippen LogP contribution is -2.27. The van der Waals surface area contributed by atoms with Crippen LogP contribution in [-0.2, 0) is 10.0 Å². The molecule has 1 aromatic heterocycles. The van der Waals surface area contributed by atoms with Crippen LogP contribution >= 0.6 is 0 Å². The summed E-state index contributed by atoms with van der Waals surface area (Å²) < 4.78 is 26.5. The van der Waals surface area contributed by atoms with E-state index in [1.54, 1.807) is 42.6 Å². The maximum atomic E-state index is 12.7. The van der Waals surface area contributed by atoms with E-state index < -0.39 is 10.0 Å². The van der Waals surface area contributed by atoms with Crippen molar-refractivity contribution in [3.63, 3.8) is 0 Å². The molecule has 0 atom stereocenters. The highest BCUT2D eigenvalue weighted by molar-refractivity contribution is 7.89. The van der Waals surface area contributed by atoms with Gasteiger partial charge in [0, 0.05) is 18.8 Å². The number of pyridine rings is 1. The minimum atomic E-state index is -3.62. The standard InChI is InChI=1S/C17H18N2O2S/c1-3-13-19(14-11-16-6-4-5-12-18-16)22(20,21)17-9-7-15(2)8-10-17/h4-10,12H,3,13H2,1-2H3. The Morgan fingerprint density at radius 3 is 2.45 bits per heavy atom. The molecule has 2 rings (SSSR count). The lowest BCUT2D eigenvalue weighted by atomic mass is 10.2. The van der Waals surface area contributed by atoms with Crippen LogP contribution in [0.1, 0.15) is 24.6 Å². The molecule has 1 aromatic carbocycles. The van der Waals surface area contributed by atoms with E-state index in [9.17, 15) is 8.42 Å². The molecule has 1 heterocycles. The van der Waals surface area contributed by atoms with E-state index in [-0.39, 0.29) is 4.90 Å². The molecule has 0 saturated carbocycles. The summed E-state index contributed by atoms with van der Waals surface area (Å²) in [5.74, 6) is 2.80. The van der Waals surface area contributed by atoms with Gasteiger partial charge >= 0.3 is 0 Å². The van der Waals surface area contributed by atoms with Crippen molar-refractivity contribution >= 4 is 10.0 Å². The van der Waals surface area contributed by atoms with E-state index >= 15 is 0 Å². The van der Waals surface area contributed by atoms with Crippen LogP contribution in [0.4, 0.5) is 0 Å². The third-order valence-corrected chi connectivity index (χ3v) is 4.73. The normalized spacial score (nSPS) is 10.6. The van der Waals surface area contributed by atoms with Gasteiger partial charge in [0.2, 0.25) is 0 Å². The quantitative estimate of drug-likeness (QED) is 0.644. The molecule has 0 radical (unpaired) electrons. The molecule has 5 heteroatoms. The number of nitrogens with zero attached hydrogens (tertiary/aromatic N) is 2. The Kier molecular flexibility index (Phi) is 5.18. The van der Waals surface area contributed by atoms with Crippen molar-refractivity contribution < 1.29 is 8.42 Å². The second-order valence-electron chi connectivity index (χ2n) is 4.84. The monoisotopic (exact) mass is 314 g/mol. The van der Waals surface area contributed by atoms with Crippen LogP contribution in [-0.4, -0.2) is 24.3 Å². The highest BCUT2D eigenvalue weighted by atomic mass is 32.2. The molecule has 4 nitrogen and oxygen atoms in total. The molecule has 0 saturated heterocycles. The lowest BCUT2D eigenvalue weighted by molar-refractivity contribution is 0.508. The van der Waals surface area contributed by atoms with Gasteiger partial charge in [0.25, 0.3) is 10.0 Å². The largest absolute Gasteiger partial charge is 0.270 e. The Morgan fingerprint density at radius 1 is 1.14 bits per heavy atom. The molecule has 0 unspecified atom stereocenters. The van der Waals surface area contributed by atoms with Crippen LogP contribution in [0.25, 0.3) is 0 Å². The number of sulfonamides is 1. The van der Waals surface area contributed by atoms with Gasteiger partial charge in [0.05, 0.1) is 4.90 Å². The molecule has 22 heavy (non-hydrogen) atoms. The number of hydrogen-bond acceptors (Lipinski definition) is 3. The zero-order valence-electron chi connectivity index (χ0n) is 12.7. The summed E-state index contributed by atoms with van der Waals surface area (Å²) in [6.45, 7) is 4.18. The minimum Gasteiger partial charge on any atom is -0.248 e. The van der Waals surface area contributed by atoms with E-state index in [2.05, 4.69) is 16.9 Å². The highest BCUT2D eigenvalue weighted by Gasteiger charge is 2.21. The fourth-order valence-electron chi connectivity index (χ4n) is 1.83. The molecule has 2 aromatic rings. The number of aromatic nitrogens is 1. The van der Waals surface area contributed by atoms with Crippen LogP contribution in [0, 0.1) is 18.9 Å². The summed E-state index contributed by atoms with van der Waals surface area (Å²) in [7, 11) is -3.62. The van der Waals surface area contributed by atoms with Crippen LogP contribution in [0.2, 0.25) is 0 Å². The Hall–Kier alpha value is -2.32. The number of rotatable bonds is 4. The molecule has 0 aliphatic heterocycles. The van der Waals surface area contributed by atoms with Gasteiger partial charge in [-0.2, -0.15) is 0 Å². The molecular weight excluding hydrogens is 296 g/mol. The second-order valence-corrected chi connectivity index (χ2v) is 6.70. The summed E-state index contributed by atoms with van der Waals surface area (Å²) in [4.78, 5) is 4.33. The van der Waals surface area contributed by atoms with E-state index in [0.29, 0.717) is 18.7 Å². The predicted octanol–water partition coefficient (Wildman–Crippen LogP) is 2.80. The molecule has 0 bridgehead atoms. The number of benzene rings is 1. The van der Waals surface area contributed by atoms with Crippen molar-refractivity contribution in [3.8, 4) is 12.0 Å². The summed E-state index contributed by atoms with van der Waals surface area (Å²) in [5, 5.41) is 0. The minimum absolute atomic E-state index is 0.252. The Labute approximate surface area is 131 Å². The van der Waals surface area contributed by atoms with Crippen molar-refractivity contribution in [1.29, 1.82) is 0 Å². The fourth-order valence-corrected chi connectivity index (χ4v) is 3.16. The van der Waals surface area contributed by atoms with Crippen molar-refractivity contribution in [1.82, 2.24) is 9.29 Å². The van der Waals surface area contributed by atoms with Crippen molar-refractivity contribution in [2.75, 3.05) is 6.54 Å². The summed E-state index contributed by atoms with van der Waals surface area (Å²) >= 11 is 0. The highest BCUT2D eigenvalue weighted by Crippen LogP contribution is 2.16. The lowest BCUT2D eigenvalue weighted by Gasteiger charge is -2.17. The van der Waals surface area contributed by atoms with Gasteiger partial charge in [-0.1, -0.05) is 30.7 Å². The van der Waals surface area contributed by atoms with Gasteiger partial charge in [0.15, 0.2) is 0 Å². The molecule has 0 fully saturated rings. The molecule has 114 valence electrons. The van der Waals surface area contributed by atoms with Crippen LogP contribution < -0.4 is 0 Å². The van der Waals surface area contributed by atoms with Gasteiger partial charge in [-0.05, 0) is 43.5 Å². The van der Waals surface area contributed by atoms with Crippen molar-refractivity contribution in [3.05, 3.63) is 59.9 Å². The summed E-state index contributed by atoms with van der Waals surface area (Å²) in [6, 6.07) is 14.8. The van der Waals surface area contributed by atoms with Crippen LogP contribution in [0.3, 0.4) is 0 Å².